The molecule has 0 aliphatic carbocycles. The molecule has 2 aliphatic heterocycles. The van der Waals surface area contributed by atoms with E-state index in [1.165, 1.54) is 7.11 Å². The van der Waals surface area contributed by atoms with Crippen molar-refractivity contribution < 1.29 is 54.7 Å². The quantitative estimate of drug-likeness (QED) is 0.251. The van der Waals surface area contributed by atoms with E-state index >= 15 is 0 Å². The first-order valence-electron chi connectivity index (χ1n) is 7.46. The highest BCUT2D eigenvalue weighted by Gasteiger charge is 2.50. The highest BCUT2D eigenvalue weighted by Crippen LogP contribution is 2.29. The second kappa shape index (κ2) is 8.29. The van der Waals surface area contributed by atoms with Crippen molar-refractivity contribution in [2.75, 3.05) is 20.3 Å². The highest BCUT2D eigenvalue weighted by atomic mass is 16.7. The molecule has 0 amide bonds. The van der Waals surface area contributed by atoms with E-state index in [-0.39, 0.29) is 0 Å². The Morgan fingerprint density at radius 3 is 1.79 bits per heavy atom. The second-order valence-corrected chi connectivity index (χ2v) is 5.74. The molecule has 11 nitrogen and oxygen atoms in total. The van der Waals surface area contributed by atoms with Gasteiger partial charge in [-0.2, -0.15) is 0 Å². The molecule has 10 atom stereocenters. The lowest BCUT2D eigenvalue weighted by Crippen LogP contribution is -2.64. The van der Waals surface area contributed by atoms with Crippen LogP contribution in [0.5, 0.6) is 0 Å². The van der Waals surface area contributed by atoms with Gasteiger partial charge in [0.2, 0.25) is 0 Å². The predicted molar refractivity (Wildman–Crippen MR) is 73.4 cm³/mol. The van der Waals surface area contributed by atoms with Crippen LogP contribution in [-0.2, 0) is 18.9 Å². The molecular formula is C13H24O11. The average Bonchev–Trinajstić information content (AvgIpc) is 2.58. The fraction of sp³-hybridized carbons (Fsp3) is 1.00. The number of ether oxygens (including phenoxy) is 4. The van der Waals surface area contributed by atoms with Gasteiger partial charge in [0.05, 0.1) is 13.2 Å². The number of methoxy groups -OCH3 is 1. The van der Waals surface area contributed by atoms with Crippen LogP contribution in [0.4, 0.5) is 0 Å². The highest BCUT2D eigenvalue weighted by molar-refractivity contribution is 4.93. The molecular weight excluding hydrogens is 332 g/mol. The SMILES string of the molecule is CO[C@@H]1O[C@H](CO)[C@H](O)[C@H](O[C@@H]2O[C@H](CO)[C@@H](O)[C@H](O)[C@@H]2O)[C@H]1O. The average molecular weight is 356 g/mol. The molecule has 0 spiro atoms. The van der Waals surface area contributed by atoms with Crippen molar-refractivity contribution in [1.82, 2.24) is 0 Å². The van der Waals surface area contributed by atoms with Crippen molar-refractivity contribution in [3.8, 4) is 0 Å². The van der Waals surface area contributed by atoms with E-state index in [0.29, 0.717) is 0 Å². The summed E-state index contributed by atoms with van der Waals surface area (Å²) in [5.41, 5.74) is 0. The van der Waals surface area contributed by atoms with Crippen LogP contribution in [0.3, 0.4) is 0 Å². The molecule has 2 saturated heterocycles. The fourth-order valence-corrected chi connectivity index (χ4v) is 2.74. The Hall–Kier alpha value is -0.440. The van der Waals surface area contributed by atoms with Gasteiger partial charge < -0.3 is 54.7 Å². The van der Waals surface area contributed by atoms with Gasteiger partial charge in [-0.25, -0.2) is 0 Å². The maximum absolute atomic E-state index is 10.2. The zero-order chi connectivity index (χ0) is 18.0. The van der Waals surface area contributed by atoms with E-state index in [1.54, 1.807) is 0 Å². The summed E-state index contributed by atoms with van der Waals surface area (Å²) < 4.78 is 20.6. The molecule has 24 heavy (non-hydrogen) atoms. The maximum atomic E-state index is 10.2. The van der Waals surface area contributed by atoms with Crippen molar-refractivity contribution in [3.05, 3.63) is 0 Å². The third-order valence-corrected chi connectivity index (χ3v) is 4.19. The largest absolute Gasteiger partial charge is 0.394 e. The van der Waals surface area contributed by atoms with E-state index in [0.717, 1.165) is 0 Å². The first kappa shape index (κ1) is 19.9. The lowest BCUT2D eigenvalue weighted by molar-refractivity contribution is -0.358. The third-order valence-electron chi connectivity index (χ3n) is 4.19. The fourth-order valence-electron chi connectivity index (χ4n) is 2.74. The molecule has 7 N–H and O–H groups in total. The first-order valence-corrected chi connectivity index (χ1v) is 7.46. The monoisotopic (exact) mass is 356 g/mol. The Bertz CT molecular complexity index is 378. The first-order chi connectivity index (χ1) is 11.3. The summed E-state index contributed by atoms with van der Waals surface area (Å²) >= 11 is 0. The van der Waals surface area contributed by atoms with Crippen LogP contribution in [0.2, 0.25) is 0 Å². The zero-order valence-electron chi connectivity index (χ0n) is 13.0. The Morgan fingerprint density at radius 2 is 1.25 bits per heavy atom. The summed E-state index contributed by atoms with van der Waals surface area (Å²) in [6.45, 7) is -1.23. The van der Waals surface area contributed by atoms with Gasteiger partial charge in [-0.05, 0) is 0 Å². The molecule has 0 unspecified atom stereocenters. The van der Waals surface area contributed by atoms with Crippen molar-refractivity contribution in [1.29, 1.82) is 0 Å². The topological polar surface area (TPSA) is 179 Å². The number of aliphatic hydroxyl groups excluding tert-OH is 7. The van der Waals surface area contributed by atoms with Crippen molar-refractivity contribution in [2.45, 2.75) is 61.4 Å². The summed E-state index contributed by atoms with van der Waals surface area (Å²) in [5, 5.41) is 68.1. The minimum Gasteiger partial charge on any atom is -0.394 e. The molecule has 0 bridgehead atoms. The number of hydrogen-bond donors (Lipinski definition) is 7. The molecule has 0 saturated carbocycles. The smallest absolute Gasteiger partial charge is 0.187 e. The van der Waals surface area contributed by atoms with Crippen LogP contribution < -0.4 is 0 Å². The van der Waals surface area contributed by atoms with Crippen molar-refractivity contribution in [3.63, 3.8) is 0 Å². The van der Waals surface area contributed by atoms with Gasteiger partial charge in [0, 0.05) is 7.11 Å². The Kier molecular flexibility index (Phi) is 6.87. The third kappa shape index (κ3) is 3.71. The summed E-state index contributed by atoms with van der Waals surface area (Å²) in [6, 6.07) is 0. The molecule has 2 heterocycles. The van der Waals surface area contributed by atoms with Gasteiger partial charge in [-0.1, -0.05) is 0 Å². The molecule has 0 radical (unpaired) electrons. The maximum Gasteiger partial charge on any atom is 0.187 e. The summed E-state index contributed by atoms with van der Waals surface area (Å²) in [4.78, 5) is 0. The predicted octanol–water partition coefficient (Wildman–Crippen LogP) is -4.74. The molecule has 11 heteroatoms. The Balaban J connectivity index is 2.14. The van der Waals surface area contributed by atoms with Crippen molar-refractivity contribution >= 4 is 0 Å². The molecule has 2 aliphatic rings. The normalized spacial score (nSPS) is 50.0. The van der Waals surface area contributed by atoms with Crippen LogP contribution in [0.1, 0.15) is 0 Å². The second-order valence-electron chi connectivity index (χ2n) is 5.74. The Labute approximate surface area is 137 Å². The minimum atomic E-state index is -1.70. The standard InChI is InChI=1S/C13H24O11/c1-21-12-10(20)11(7(17)5(3-15)22-12)24-13-9(19)8(18)6(16)4(2-14)23-13/h4-20H,2-3H2,1H3/t4-,5-,6-,7+,8+,9+,10-,11+,12-,13+/m1/s1. The van der Waals surface area contributed by atoms with Gasteiger partial charge in [0.1, 0.15) is 48.8 Å². The minimum absolute atomic E-state index is 0.581. The molecule has 2 fully saturated rings. The summed E-state index contributed by atoms with van der Waals surface area (Å²) in [7, 11) is 1.24. The van der Waals surface area contributed by atoms with Crippen LogP contribution in [0.15, 0.2) is 0 Å². The molecule has 0 aromatic carbocycles. The van der Waals surface area contributed by atoms with Crippen LogP contribution in [0.25, 0.3) is 0 Å². The van der Waals surface area contributed by atoms with E-state index in [4.69, 9.17) is 24.1 Å². The Morgan fingerprint density at radius 1 is 0.708 bits per heavy atom. The molecule has 0 aromatic heterocycles. The van der Waals surface area contributed by atoms with Gasteiger partial charge in [0.25, 0.3) is 0 Å². The van der Waals surface area contributed by atoms with E-state index in [2.05, 4.69) is 0 Å². The molecule has 142 valence electrons. The van der Waals surface area contributed by atoms with Gasteiger partial charge in [0.15, 0.2) is 12.6 Å². The number of hydrogen-bond acceptors (Lipinski definition) is 11. The lowest BCUT2D eigenvalue weighted by atomic mass is 9.97. The van der Waals surface area contributed by atoms with Crippen LogP contribution >= 0.6 is 0 Å². The number of aliphatic hydroxyl groups is 7. The van der Waals surface area contributed by atoms with E-state index < -0.39 is 74.6 Å². The lowest BCUT2D eigenvalue weighted by Gasteiger charge is -2.45. The van der Waals surface area contributed by atoms with Gasteiger partial charge in [-0.15, -0.1) is 0 Å². The summed E-state index contributed by atoms with van der Waals surface area (Å²) in [5.74, 6) is 0. The van der Waals surface area contributed by atoms with E-state index in [1.807, 2.05) is 0 Å². The van der Waals surface area contributed by atoms with Crippen LogP contribution in [0, 0.1) is 0 Å². The molecule has 0 aromatic rings. The van der Waals surface area contributed by atoms with Crippen molar-refractivity contribution in [2.24, 2.45) is 0 Å². The van der Waals surface area contributed by atoms with Crippen LogP contribution in [-0.4, -0.2) is 117 Å². The summed E-state index contributed by atoms with van der Waals surface area (Å²) in [6.07, 6.45) is -14.4. The van der Waals surface area contributed by atoms with Gasteiger partial charge >= 0.3 is 0 Å². The molecule has 2 rings (SSSR count). The number of rotatable bonds is 5. The van der Waals surface area contributed by atoms with E-state index in [9.17, 15) is 30.6 Å². The zero-order valence-corrected chi connectivity index (χ0v) is 13.0. The van der Waals surface area contributed by atoms with Gasteiger partial charge in [-0.3, -0.25) is 0 Å².